The molecule has 4 heteroatoms. The van der Waals surface area contributed by atoms with Gasteiger partial charge in [-0.05, 0) is 138 Å². The van der Waals surface area contributed by atoms with Gasteiger partial charge in [-0.15, -0.1) is 0 Å². The molecular weight excluding hydrogens is 677 g/mol. The monoisotopic (exact) mass is 723 g/mol. The molecular formula is C52H46BN3. The van der Waals surface area contributed by atoms with Crippen LogP contribution in [0.4, 0.5) is 22.7 Å². The van der Waals surface area contributed by atoms with Crippen molar-refractivity contribution in [3.05, 3.63) is 144 Å². The molecule has 272 valence electrons. The number of fused-ring (bicyclic) bond motifs is 11. The van der Waals surface area contributed by atoms with E-state index in [-0.39, 0.29) is 17.7 Å². The average Bonchev–Trinajstić information content (AvgIpc) is 3.52. The van der Waals surface area contributed by atoms with E-state index in [1.165, 1.54) is 110 Å². The normalized spacial score (nSPS) is 13.7. The van der Waals surface area contributed by atoms with E-state index in [9.17, 15) is 0 Å². The fourth-order valence-electron chi connectivity index (χ4n) is 10.2. The molecule has 3 nitrogen and oxygen atoms in total. The van der Waals surface area contributed by atoms with Gasteiger partial charge < -0.3 is 15.1 Å². The average molecular weight is 724 g/mol. The van der Waals surface area contributed by atoms with Crippen LogP contribution in [-0.2, 0) is 10.8 Å². The Morgan fingerprint density at radius 1 is 0.536 bits per heavy atom. The number of para-hydroxylation sites is 1. The lowest BCUT2D eigenvalue weighted by Crippen LogP contribution is -2.56. The van der Waals surface area contributed by atoms with E-state index < -0.39 is 0 Å². The molecule has 56 heavy (non-hydrogen) atoms. The first-order valence-corrected chi connectivity index (χ1v) is 20.1. The molecule has 11 rings (SSSR count). The van der Waals surface area contributed by atoms with E-state index in [1.807, 2.05) is 0 Å². The molecule has 0 spiro atoms. The minimum Gasteiger partial charge on any atom is -0.399 e. The zero-order chi connectivity index (χ0) is 38.6. The molecule has 2 aliphatic rings. The first kappa shape index (κ1) is 33.4. The second kappa shape index (κ2) is 11.1. The third-order valence-electron chi connectivity index (χ3n) is 13.1. The summed E-state index contributed by atoms with van der Waals surface area (Å²) in [4.78, 5) is 2.56. The number of nitrogens with zero attached hydrogens (tertiary/aromatic N) is 2. The number of nitrogens with two attached hydrogens (primary N) is 1. The van der Waals surface area contributed by atoms with Gasteiger partial charge in [-0.2, -0.15) is 0 Å². The fourth-order valence-corrected chi connectivity index (χ4v) is 10.2. The first-order valence-electron chi connectivity index (χ1n) is 20.1. The highest BCUT2D eigenvalue weighted by Crippen LogP contribution is 2.49. The standard InChI is InChI=1S/C52H46BN3/c1-29-36-16-11-12-17-37(36)30(2)41-28-46-44(27-40(29)41)53-49-42(43-21-31-15-9-10-18-38(31)48-39-19-13-14-20-45(39)56(53)50(43)48)25-34(54)26-47(49)55(46)35-23-32(51(3,4)5)22-33(24-35)52(6,7)8/h9-28H,54H2,1-8H3. The molecule has 2 aliphatic heterocycles. The van der Waals surface area contributed by atoms with E-state index >= 15 is 0 Å². The maximum absolute atomic E-state index is 7.09. The Bertz CT molecular complexity index is 3170. The molecule has 9 aromatic rings. The van der Waals surface area contributed by atoms with Gasteiger partial charge in [0, 0.05) is 50.1 Å². The highest BCUT2D eigenvalue weighted by Gasteiger charge is 2.44. The van der Waals surface area contributed by atoms with Crippen LogP contribution < -0.4 is 21.6 Å². The summed E-state index contributed by atoms with van der Waals surface area (Å²) in [6, 6.07) is 46.1. The lowest BCUT2D eigenvalue weighted by molar-refractivity contribution is 0.569. The Balaban J connectivity index is 1.36. The fraction of sp³-hybridized carbons (Fsp3) is 0.192. The van der Waals surface area contributed by atoms with Gasteiger partial charge in [0.1, 0.15) is 0 Å². The van der Waals surface area contributed by atoms with E-state index in [0.717, 1.165) is 11.4 Å². The molecule has 0 unspecified atom stereocenters. The summed E-state index contributed by atoms with van der Waals surface area (Å²) < 4.78 is 2.67. The summed E-state index contributed by atoms with van der Waals surface area (Å²) in [7, 11) is 0. The van der Waals surface area contributed by atoms with Crippen LogP contribution in [0.5, 0.6) is 0 Å². The van der Waals surface area contributed by atoms with Crippen molar-refractivity contribution in [3.63, 3.8) is 0 Å². The van der Waals surface area contributed by atoms with Crippen LogP contribution in [0.15, 0.2) is 121 Å². The predicted octanol–water partition coefficient (Wildman–Crippen LogP) is 12.5. The molecule has 0 radical (unpaired) electrons. The Kier molecular flexibility index (Phi) is 6.59. The number of benzene rings is 8. The molecule has 3 heterocycles. The summed E-state index contributed by atoms with van der Waals surface area (Å²) in [6.07, 6.45) is 0. The second-order valence-corrected chi connectivity index (χ2v) is 18.5. The molecule has 8 aromatic carbocycles. The molecule has 0 atom stereocenters. The summed E-state index contributed by atoms with van der Waals surface area (Å²) in [6.45, 7) is 18.5. The minimum atomic E-state index is -0.0635. The molecule has 0 amide bonds. The molecule has 2 N–H and O–H groups in total. The highest BCUT2D eigenvalue weighted by atomic mass is 15.2. The Morgan fingerprint density at radius 2 is 1.12 bits per heavy atom. The van der Waals surface area contributed by atoms with Crippen molar-refractivity contribution in [2.75, 3.05) is 10.6 Å². The minimum absolute atomic E-state index is 0.0437. The molecule has 0 bridgehead atoms. The lowest BCUT2D eigenvalue weighted by Gasteiger charge is -2.42. The summed E-state index contributed by atoms with van der Waals surface area (Å²) in [5.74, 6) is 0. The third-order valence-corrected chi connectivity index (χ3v) is 13.1. The number of aromatic nitrogens is 1. The van der Waals surface area contributed by atoms with E-state index in [1.54, 1.807) is 0 Å². The molecule has 0 saturated heterocycles. The topological polar surface area (TPSA) is 34.2 Å². The van der Waals surface area contributed by atoms with Crippen molar-refractivity contribution in [2.24, 2.45) is 0 Å². The van der Waals surface area contributed by atoms with Crippen molar-refractivity contribution in [1.29, 1.82) is 0 Å². The van der Waals surface area contributed by atoms with E-state index in [4.69, 9.17) is 5.73 Å². The van der Waals surface area contributed by atoms with Crippen LogP contribution >= 0.6 is 0 Å². The van der Waals surface area contributed by atoms with Gasteiger partial charge in [0.15, 0.2) is 0 Å². The van der Waals surface area contributed by atoms with Gasteiger partial charge >= 0.3 is 6.85 Å². The van der Waals surface area contributed by atoms with Crippen molar-refractivity contribution < 1.29 is 0 Å². The molecule has 0 saturated carbocycles. The van der Waals surface area contributed by atoms with Gasteiger partial charge in [-0.25, -0.2) is 0 Å². The van der Waals surface area contributed by atoms with Gasteiger partial charge in [0.2, 0.25) is 0 Å². The predicted molar refractivity (Wildman–Crippen MR) is 244 cm³/mol. The quantitative estimate of drug-likeness (QED) is 0.104. The zero-order valence-electron chi connectivity index (χ0n) is 33.6. The van der Waals surface area contributed by atoms with Crippen LogP contribution in [-0.4, -0.2) is 11.3 Å². The van der Waals surface area contributed by atoms with E-state index in [2.05, 4.69) is 186 Å². The van der Waals surface area contributed by atoms with Gasteiger partial charge in [0.05, 0.1) is 0 Å². The third kappa shape index (κ3) is 4.41. The lowest BCUT2D eigenvalue weighted by atomic mass is 9.45. The number of aryl methyl sites for hydroxylation is 2. The number of rotatable bonds is 1. The van der Waals surface area contributed by atoms with Crippen LogP contribution in [0.1, 0.15) is 63.8 Å². The smallest absolute Gasteiger partial charge is 0.333 e. The molecule has 1 aromatic heterocycles. The van der Waals surface area contributed by atoms with Gasteiger partial charge in [-0.1, -0.05) is 120 Å². The van der Waals surface area contributed by atoms with Gasteiger partial charge in [-0.3, -0.25) is 0 Å². The van der Waals surface area contributed by atoms with Gasteiger partial charge in [0.25, 0.3) is 0 Å². The van der Waals surface area contributed by atoms with Crippen LogP contribution in [0.2, 0.25) is 0 Å². The van der Waals surface area contributed by atoms with Crippen molar-refractivity contribution >= 4 is 94.6 Å². The largest absolute Gasteiger partial charge is 0.399 e. The summed E-state index contributed by atoms with van der Waals surface area (Å²) >= 11 is 0. The SMILES string of the molecule is Cc1c2ccccc2c(C)c2cc3c(cc12)B1c2c(cc(N)cc2N3c2cc(C(C)(C)C)cc(C(C)(C)C)c2)-c2cc3ccccc3c3c4ccccc4n1c23. The molecule has 0 fully saturated rings. The maximum Gasteiger partial charge on any atom is 0.333 e. The highest BCUT2D eigenvalue weighted by molar-refractivity contribution is 6.90. The van der Waals surface area contributed by atoms with E-state index in [0.29, 0.717) is 0 Å². The Hall–Kier alpha value is -6.00. The van der Waals surface area contributed by atoms with Crippen molar-refractivity contribution in [2.45, 2.75) is 66.2 Å². The Labute approximate surface area is 329 Å². The Morgan fingerprint density at radius 3 is 1.79 bits per heavy atom. The van der Waals surface area contributed by atoms with Crippen LogP contribution in [0, 0.1) is 13.8 Å². The first-order chi connectivity index (χ1) is 26.8. The maximum atomic E-state index is 7.09. The number of nitrogen functional groups attached to an aromatic ring is 1. The second-order valence-electron chi connectivity index (χ2n) is 18.5. The number of hydrogen-bond donors (Lipinski definition) is 1. The van der Waals surface area contributed by atoms with Crippen LogP contribution in [0.25, 0.3) is 65.3 Å². The van der Waals surface area contributed by atoms with Crippen molar-refractivity contribution in [1.82, 2.24) is 4.48 Å². The number of anilines is 4. The summed E-state index contributed by atoms with van der Waals surface area (Å²) in [5.41, 5.74) is 24.3. The zero-order valence-corrected chi connectivity index (χ0v) is 33.6. The van der Waals surface area contributed by atoms with Crippen LogP contribution in [0.3, 0.4) is 0 Å². The summed E-state index contributed by atoms with van der Waals surface area (Å²) in [5, 5.41) is 10.4. The molecule has 0 aliphatic carbocycles. The van der Waals surface area contributed by atoms with Crippen molar-refractivity contribution in [3.8, 4) is 11.1 Å². The number of hydrogen-bond acceptors (Lipinski definition) is 2.